The average molecular weight is 1240 g/mol. The van der Waals surface area contributed by atoms with E-state index in [9.17, 15) is 43.8 Å². The minimum atomic E-state index is -1.08. The van der Waals surface area contributed by atoms with Crippen molar-refractivity contribution >= 4 is 53.8 Å². The van der Waals surface area contributed by atoms with Crippen LogP contribution in [0.1, 0.15) is 297 Å². The van der Waals surface area contributed by atoms with Crippen molar-refractivity contribution in [2.45, 2.75) is 315 Å². The highest BCUT2D eigenvalue weighted by atomic mass is 16.4. The first-order valence-corrected chi connectivity index (χ1v) is 34.7. The molecule has 15 heteroatoms. The molecule has 89 heavy (non-hydrogen) atoms. The van der Waals surface area contributed by atoms with E-state index in [1.54, 1.807) is 12.4 Å². The molecule has 0 bridgehead atoms. The Morgan fingerprint density at radius 3 is 0.910 bits per heavy atom. The summed E-state index contributed by atoms with van der Waals surface area (Å²) in [7, 11) is 0. The highest BCUT2D eigenvalue weighted by Crippen LogP contribution is 2.17. The summed E-state index contributed by atoms with van der Waals surface area (Å²) in [5, 5.41) is 35.4. The van der Waals surface area contributed by atoms with E-state index in [1.165, 1.54) is 135 Å². The summed E-state index contributed by atoms with van der Waals surface area (Å²) in [6, 6.07) is -2.75. The first-order chi connectivity index (χ1) is 43.2. The maximum absolute atomic E-state index is 12.0. The quantitative estimate of drug-likeness (QED) is 0.0249. The van der Waals surface area contributed by atoms with Gasteiger partial charge in [-0.3, -0.25) is 24.4 Å². The summed E-state index contributed by atoms with van der Waals surface area (Å²) in [5.74, 6) is -3.78. The molecule has 0 aromatic carbocycles. The molecule has 3 amide bonds. The Bertz CT molecular complexity index is 2200. The standard InChI is InChI=1S/2C25H40N2O3.C24H41NO4/c2*1-2-3-4-5-6-7-8-9-10-11-12-13-14-15-16-19-24(28)27-23(25(29)30)21-22-18-17-20-26-22;1-3-4-5-6-7-8-9-10-11-12-13-14-15-16-17-18-23(27)25-22(24(28)29)20-19-21(2)26/h7-10,18,20,23H,2-6,11-17,19,21H2,1H3,(H,27,28)(H,29,30);6-9,18,20,23H,2-5,10-17,19,21H2,1H3,(H,27,28)(H,29,30);7-10,22H,3-6,11-20H2,1-2H3,(H,25,27)(H,28,29)/b8-7+,10-9-;7-6-,9-8+;8-7-,10-9+. The van der Waals surface area contributed by atoms with Gasteiger partial charge in [0, 0.05) is 75.2 Å². The zero-order chi connectivity index (χ0) is 65.5. The molecule has 0 fully saturated rings. The number of aliphatic imine (C=N–C) groups is 2. The highest BCUT2D eigenvalue weighted by molar-refractivity contribution is 5.85. The molecule has 0 saturated carbocycles. The molecule has 2 rings (SSSR count). The van der Waals surface area contributed by atoms with Crippen molar-refractivity contribution in [3.8, 4) is 0 Å². The van der Waals surface area contributed by atoms with Crippen LogP contribution in [-0.2, 0) is 33.6 Å². The summed E-state index contributed by atoms with van der Waals surface area (Å²) in [6.45, 7) is 8.10. The Kier molecular flexibility index (Phi) is 57.6. The van der Waals surface area contributed by atoms with Crippen molar-refractivity contribution in [2.24, 2.45) is 9.98 Å². The number of ketones is 1. The van der Waals surface area contributed by atoms with Gasteiger partial charge in [0.2, 0.25) is 17.7 Å². The van der Waals surface area contributed by atoms with Crippen molar-refractivity contribution in [2.75, 3.05) is 0 Å². The third-order valence-electron chi connectivity index (χ3n) is 15.1. The Labute approximate surface area is 538 Å². The van der Waals surface area contributed by atoms with Crippen LogP contribution in [0.3, 0.4) is 0 Å². The van der Waals surface area contributed by atoms with Gasteiger partial charge >= 0.3 is 17.9 Å². The zero-order valence-corrected chi connectivity index (χ0v) is 55.8. The molecule has 6 N–H and O–H groups in total. The summed E-state index contributed by atoms with van der Waals surface area (Å²) in [6.07, 6.45) is 75.1. The number of nitrogens with zero attached hydrogens (tertiary/aromatic N) is 2. The number of Topliss-reactive ketones (excluding diaryl/α,β-unsaturated/α-hetero) is 1. The predicted molar refractivity (Wildman–Crippen MR) is 368 cm³/mol. The lowest BCUT2D eigenvalue weighted by molar-refractivity contribution is -0.142. The lowest BCUT2D eigenvalue weighted by Crippen LogP contribution is -2.40. The van der Waals surface area contributed by atoms with Crippen LogP contribution in [0.2, 0.25) is 0 Å². The summed E-state index contributed by atoms with van der Waals surface area (Å²) in [5.41, 5.74) is 1.47. The second-order valence-corrected chi connectivity index (χ2v) is 23.5. The lowest BCUT2D eigenvalue weighted by Gasteiger charge is -2.14. The number of nitrogens with one attached hydrogen (secondary N) is 3. The largest absolute Gasteiger partial charge is 0.480 e. The highest BCUT2D eigenvalue weighted by Gasteiger charge is 2.23. The van der Waals surface area contributed by atoms with Gasteiger partial charge in [0.05, 0.1) is 0 Å². The molecule has 0 spiro atoms. The van der Waals surface area contributed by atoms with E-state index < -0.39 is 36.0 Å². The van der Waals surface area contributed by atoms with E-state index in [0.29, 0.717) is 19.3 Å². The van der Waals surface area contributed by atoms with Crippen LogP contribution in [0.25, 0.3) is 0 Å². The van der Waals surface area contributed by atoms with Gasteiger partial charge in [0.1, 0.15) is 23.9 Å². The van der Waals surface area contributed by atoms with Gasteiger partial charge < -0.3 is 36.1 Å². The number of rotatable bonds is 55. The predicted octanol–water partition coefficient (Wildman–Crippen LogP) is 18.0. The van der Waals surface area contributed by atoms with Crippen molar-refractivity contribution < 1.29 is 48.9 Å². The van der Waals surface area contributed by atoms with E-state index in [-0.39, 0.29) is 49.2 Å². The Morgan fingerprint density at radius 1 is 0.382 bits per heavy atom. The van der Waals surface area contributed by atoms with Crippen LogP contribution in [0.15, 0.2) is 106 Å². The fourth-order valence-corrected chi connectivity index (χ4v) is 9.67. The van der Waals surface area contributed by atoms with E-state index in [2.05, 4.69) is 120 Å². The molecule has 0 aliphatic carbocycles. The third kappa shape index (κ3) is 56.7. The molecule has 3 atom stereocenters. The van der Waals surface area contributed by atoms with Crippen LogP contribution in [0.5, 0.6) is 0 Å². The number of carbonyl (C=O) groups is 7. The second-order valence-electron chi connectivity index (χ2n) is 23.5. The molecule has 0 aromatic heterocycles. The number of allylic oxidation sites excluding steroid dienone is 14. The number of aliphatic carboxylic acids is 3. The fraction of sp³-hybridized carbons (Fsp3) is 0.662. The molecule has 3 unspecified atom stereocenters. The minimum Gasteiger partial charge on any atom is -0.480 e. The van der Waals surface area contributed by atoms with Crippen LogP contribution in [0, 0.1) is 0 Å². The smallest absolute Gasteiger partial charge is 0.326 e. The Morgan fingerprint density at radius 2 is 0.640 bits per heavy atom. The number of unbranched alkanes of at least 4 members (excludes halogenated alkanes) is 27. The van der Waals surface area contributed by atoms with Gasteiger partial charge in [-0.2, -0.15) is 0 Å². The average Bonchev–Trinajstić information content (AvgIpc) is 4.36. The van der Waals surface area contributed by atoms with Crippen molar-refractivity contribution in [1.29, 1.82) is 0 Å². The topological polar surface area (TPSA) is 241 Å². The normalized spacial score (nSPS) is 13.8. The van der Waals surface area contributed by atoms with Gasteiger partial charge in [0.15, 0.2) is 0 Å². The van der Waals surface area contributed by atoms with Gasteiger partial charge in [0.25, 0.3) is 0 Å². The SMILES string of the molecule is CCCCC/C=C\C=C\CCCCCCCCC(=O)NC(CC1=CCC=N1)C(=O)O.CCCCC/C=C\C=C\CCCCCCCCC(=O)NC(CCC(C)=O)C(=O)O.CCCCCC/C=C/C=C\CCCCCCCC(=O)NC(CC1=CCC=N1)C(=O)O. The summed E-state index contributed by atoms with van der Waals surface area (Å²) < 4.78 is 0. The van der Waals surface area contributed by atoms with Crippen LogP contribution < -0.4 is 16.0 Å². The van der Waals surface area contributed by atoms with Crippen LogP contribution in [-0.4, -0.2) is 87.3 Å². The lowest BCUT2D eigenvalue weighted by atomic mass is 10.1. The van der Waals surface area contributed by atoms with E-state index in [0.717, 1.165) is 108 Å². The van der Waals surface area contributed by atoms with Crippen LogP contribution >= 0.6 is 0 Å². The third-order valence-corrected chi connectivity index (χ3v) is 15.1. The van der Waals surface area contributed by atoms with Crippen molar-refractivity contribution in [1.82, 2.24) is 16.0 Å². The molecule has 502 valence electrons. The van der Waals surface area contributed by atoms with Crippen molar-refractivity contribution in [3.63, 3.8) is 0 Å². The monoisotopic (exact) mass is 1240 g/mol. The molecule has 15 nitrogen and oxygen atoms in total. The number of carbonyl (C=O) groups excluding carboxylic acids is 4. The zero-order valence-electron chi connectivity index (χ0n) is 55.8. The van der Waals surface area contributed by atoms with Gasteiger partial charge in [-0.15, -0.1) is 0 Å². The number of carboxylic acids is 3. The molecule has 0 radical (unpaired) electrons. The van der Waals surface area contributed by atoms with Gasteiger partial charge in [-0.1, -0.05) is 221 Å². The number of amides is 3. The second kappa shape index (κ2) is 62.0. The first kappa shape index (κ1) is 82.8. The summed E-state index contributed by atoms with van der Waals surface area (Å²) in [4.78, 5) is 88.9. The van der Waals surface area contributed by atoms with Gasteiger partial charge in [-0.05, 0) is 110 Å². The van der Waals surface area contributed by atoms with E-state index in [4.69, 9.17) is 5.11 Å². The van der Waals surface area contributed by atoms with Gasteiger partial charge in [-0.25, -0.2) is 14.4 Å². The maximum atomic E-state index is 12.0. The summed E-state index contributed by atoms with van der Waals surface area (Å²) >= 11 is 0. The number of carboxylic acid groups (broad SMARTS) is 3. The van der Waals surface area contributed by atoms with Crippen molar-refractivity contribution in [3.05, 3.63) is 96.5 Å². The van der Waals surface area contributed by atoms with E-state index in [1.807, 2.05) is 12.2 Å². The molecule has 0 saturated heterocycles. The number of hydrogen-bond donors (Lipinski definition) is 6. The first-order valence-electron chi connectivity index (χ1n) is 34.7. The van der Waals surface area contributed by atoms with Crippen LogP contribution in [0.4, 0.5) is 0 Å². The molecule has 2 heterocycles. The minimum absolute atomic E-state index is 0.0696. The Hall–Kier alpha value is -6.25. The Balaban J connectivity index is 0.00000131. The molecule has 2 aliphatic heterocycles. The maximum Gasteiger partial charge on any atom is 0.326 e. The molecule has 0 aromatic rings. The molecular weight excluding hydrogens is 1120 g/mol. The fourth-order valence-electron chi connectivity index (χ4n) is 9.67. The van der Waals surface area contributed by atoms with E-state index >= 15 is 0 Å². The number of hydrogen-bond acceptors (Lipinski definition) is 9. The molecular formula is C74H121N5O10. The molecule has 2 aliphatic rings.